The number of nitrogens with one attached hydrogen (secondary N) is 1. The van der Waals surface area contributed by atoms with Crippen molar-refractivity contribution in [2.75, 3.05) is 13.1 Å². The molecule has 0 aromatic rings. The van der Waals surface area contributed by atoms with Crippen LogP contribution >= 0.6 is 12.2 Å². The molecule has 0 aliphatic carbocycles. The Labute approximate surface area is 114 Å². The Balaban J connectivity index is 1.98. The molecule has 0 radical (unpaired) electrons. The van der Waals surface area contributed by atoms with Crippen LogP contribution in [0.1, 0.15) is 39.5 Å². The van der Waals surface area contributed by atoms with E-state index in [1.54, 1.807) is 13.8 Å². The maximum atomic E-state index is 12.2. The largest absolute Gasteiger partial charge is 0.392 e. The lowest BCUT2D eigenvalue weighted by Gasteiger charge is -2.34. The predicted octanol–water partition coefficient (Wildman–Crippen LogP) is 1.04. The molecule has 2 atom stereocenters. The molecule has 2 heterocycles. The van der Waals surface area contributed by atoms with Crippen molar-refractivity contribution in [2.45, 2.75) is 51.6 Å². The number of nitrogens with two attached hydrogens (primary N) is 1. The van der Waals surface area contributed by atoms with E-state index in [4.69, 9.17) is 18.0 Å². The molecule has 18 heavy (non-hydrogen) atoms. The number of fused-ring (bicyclic) bond motifs is 1. The van der Waals surface area contributed by atoms with Crippen LogP contribution in [0.3, 0.4) is 0 Å². The third-order valence-electron chi connectivity index (χ3n) is 4.36. The molecule has 2 rings (SSSR count). The number of hydrogen-bond donors (Lipinski definition) is 2. The van der Waals surface area contributed by atoms with E-state index in [1.807, 2.05) is 0 Å². The Morgan fingerprint density at radius 3 is 2.72 bits per heavy atom. The number of hydrogen-bond acceptors (Lipinski definition) is 3. The van der Waals surface area contributed by atoms with Crippen LogP contribution in [-0.2, 0) is 4.79 Å². The van der Waals surface area contributed by atoms with Crippen molar-refractivity contribution in [3.05, 3.63) is 0 Å². The minimum absolute atomic E-state index is 0.0348. The van der Waals surface area contributed by atoms with Gasteiger partial charge in [0.05, 0.1) is 10.4 Å². The van der Waals surface area contributed by atoms with E-state index >= 15 is 0 Å². The third-order valence-corrected chi connectivity index (χ3v) is 4.87. The smallest absolute Gasteiger partial charge is 0.232 e. The second kappa shape index (κ2) is 5.13. The zero-order chi connectivity index (χ0) is 13.3. The van der Waals surface area contributed by atoms with Crippen LogP contribution in [0.25, 0.3) is 0 Å². The summed E-state index contributed by atoms with van der Waals surface area (Å²) in [6.45, 7) is 5.86. The molecule has 2 saturated heterocycles. The van der Waals surface area contributed by atoms with Gasteiger partial charge in [0.1, 0.15) is 0 Å². The summed E-state index contributed by atoms with van der Waals surface area (Å²) in [5.74, 6) is -0.0348. The van der Waals surface area contributed by atoms with Gasteiger partial charge in [0.25, 0.3) is 0 Å². The first kappa shape index (κ1) is 13.7. The monoisotopic (exact) mass is 269 g/mol. The molecule has 1 amide bonds. The molecular formula is C13H23N3OS. The second-order valence-electron chi connectivity index (χ2n) is 5.96. The quantitative estimate of drug-likeness (QED) is 0.752. The Morgan fingerprint density at radius 1 is 1.33 bits per heavy atom. The first-order valence-electron chi connectivity index (χ1n) is 6.78. The SMILES string of the molecule is CC(C)(C(=O)NC1CCN2CCCCC12)C(N)=S. The van der Waals surface area contributed by atoms with Crippen LogP contribution in [0.5, 0.6) is 0 Å². The van der Waals surface area contributed by atoms with Crippen molar-refractivity contribution in [1.29, 1.82) is 0 Å². The zero-order valence-corrected chi connectivity index (χ0v) is 12.1. The molecule has 5 heteroatoms. The summed E-state index contributed by atoms with van der Waals surface area (Å²) in [5.41, 5.74) is 4.88. The van der Waals surface area contributed by atoms with Crippen molar-refractivity contribution in [2.24, 2.45) is 11.1 Å². The summed E-state index contributed by atoms with van der Waals surface area (Å²) >= 11 is 4.97. The second-order valence-corrected chi connectivity index (χ2v) is 6.40. The zero-order valence-electron chi connectivity index (χ0n) is 11.2. The van der Waals surface area contributed by atoms with Gasteiger partial charge in [-0.3, -0.25) is 9.69 Å². The van der Waals surface area contributed by atoms with Crippen LogP contribution in [0.4, 0.5) is 0 Å². The van der Waals surface area contributed by atoms with Crippen LogP contribution in [0, 0.1) is 5.41 Å². The van der Waals surface area contributed by atoms with E-state index < -0.39 is 5.41 Å². The van der Waals surface area contributed by atoms with Crippen LogP contribution < -0.4 is 11.1 Å². The average Bonchev–Trinajstić information content (AvgIpc) is 2.72. The predicted molar refractivity (Wildman–Crippen MR) is 76.3 cm³/mol. The number of amides is 1. The number of piperidine rings is 1. The molecule has 2 fully saturated rings. The van der Waals surface area contributed by atoms with E-state index in [0.29, 0.717) is 6.04 Å². The van der Waals surface area contributed by atoms with Crippen LogP contribution in [0.2, 0.25) is 0 Å². The highest BCUT2D eigenvalue weighted by atomic mass is 32.1. The summed E-state index contributed by atoms with van der Waals surface area (Å²) in [4.78, 5) is 15.0. The molecule has 3 N–H and O–H groups in total. The Hall–Kier alpha value is -0.680. The number of nitrogens with zero attached hydrogens (tertiary/aromatic N) is 1. The first-order chi connectivity index (χ1) is 8.43. The first-order valence-corrected chi connectivity index (χ1v) is 7.18. The summed E-state index contributed by atoms with van der Waals surface area (Å²) < 4.78 is 0. The van der Waals surface area contributed by atoms with Gasteiger partial charge in [-0.1, -0.05) is 18.6 Å². The van der Waals surface area contributed by atoms with Gasteiger partial charge >= 0.3 is 0 Å². The molecule has 102 valence electrons. The van der Waals surface area contributed by atoms with Gasteiger partial charge < -0.3 is 11.1 Å². The molecule has 2 aliphatic rings. The molecule has 0 aromatic carbocycles. The Bertz CT molecular complexity index is 356. The van der Waals surface area contributed by atoms with Crippen molar-refractivity contribution in [3.8, 4) is 0 Å². The lowest BCUT2D eigenvalue weighted by atomic mass is 9.91. The normalized spacial score (nSPS) is 28.8. The van der Waals surface area contributed by atoms with Gasteiger partial charge in [-0.15, -0.1) is 0 Å². The molecule has 4 nitrogen and oxygen atoms in total. The van der Waals surface area contributed by atoms with Gasteiger partial charge in [0.15, 0.2) is 0 Å². The fourth-order valence-electron chi connectivity index (χ4n) is 2.88. The van der Waals surface area contributed by atoms with Gasteiger partial charge in [-0.25, -0.2) is 0 Å². The lowest BCUT2D eigenvalue weighted by molar-refractivity contribution is -0.127. The minimum Gasteiger partial charge on any atom is -0.392 e. The maximum absolute atomic E-state index is 12.2. The van der Waals surface area contributed by atoms with Gasteiger partial charge in [0.2, 0.25) is 5.91 Å². The van der Waals surface area contributed by atoms with E-state index in [9.17, 15) is 4.79 Å². The third kappa shape index (κ3) is 2.52. The van der Waals surface area contributed by atoms with E-state index in [1.165, 1.54) is 25.8 Å². The highest BCUT2D eigenvalue weighted by Gasteiger charge is 2.39. The number of thiocarbonyl (C=S) groups is 1. The topological polar surface area (TPSA) is 58.4 Å². The fraction of sp³-hybridized carbons (Fsp3) is 0.846. The van der Waals surface area contributed by atoms with Crippen LogP contribution in [-0.4, -0.2) is 41.0 Å². The molecule has 0 spiro atoms. The van der Waals surface area contributed by atoms with Gasteiger partial charge in [-0.2, -0.15) is 0 Å². The summed E-state index contributed by atoms with van der Waals surface area (Å²) in [6, 6.07) is 0.788. The summed E-state index contributed by atoms with van der Waals surface area (Å²) in [5, 5.41) is 3.15. The summed E-state index contributed by atoms with van der Waals surface area (Å²) in [7, 11) is 0. The van der Waals surface area contributed by atoms with Crippen molar-refractivity contribution >= 4 is 23.1 Å². The molecule has 2 aliphatic heterocycles. The van der Waals surface area contributed by atoms with Crippen LogP contribution in [0.15, 0.2) is 0 Å². The van der Waals surface area contributed by atoms with Crippen molar-refractivity contribution in [3.63, 3.8) is 0 Å². The Morgan fingerprint density at radius 2 is 2.06 bits per heavy atom. The fourth-order valence-corrected chi connectivity index (χ4v) is 2.97. The van der Waals surface area contributed by atoms with Gasteiger partial charge in [0, 0.05) is 18.6 Å². The van der Waals surface area contributed by atoms with E-state index in [-0.39, 0.29) is 16.9 Å². The average molecular weight is 269 g/mol. The summed E-state index contributed by atoms with van der Waals surface area (Å²) in [6.07, 6.45) is 4.80. The Kier molecular flexibility index (Phi) is 3.92. The highest BCUT2D eigenvalue weighted by molar-refractivity contribution is 7.80. The molecule has 0 aromatic heterocycles. The number of rotatable bonds is 3. The number of carbonyl (C=O) groups is 1. The van der Waals surface area contributed by atoms with Gasteiger partial charge in [-0.05, 0) is 39.7 Å². The number of carbonyl (C=O) groups excluding carboxylic acids is 1. The molecular weight excluding hydrogens is 246 g/mol. The maximum Gasteiger partial charge on any atom is 0.232 e. The molecule has 0 bridgehead atoms. The molecule has 0 saturated carbocycles. The highest BCUT2D eigenvalue weighted by Crippen LogP contribution is 2.28. The standard InChI is InChI=1S/C13H23N3OS/c1-13(2,11(14)18)12(17)15-9-6-8-16-7-4-3-5-10(9)16/h9-10H,3-8H2,1-2H3,(H2,14,18)(H,15,17). The van der Waals surface area contributed by atoms with E-state index in [0.717, 1.165) is 13.0 Å². The minimum atomic E-state index is -0.753. The lowest BCUT2D eigenvalue weighted by Crippen LogP contribution is -2.52. The molecule has 2 unspecified atom stereocenters. The van der Waals surface area contributed by atoms with E-state index in [2.05, 4.69) is 10.2 Å². The van der Waals surface area contributed by atoms with Crippen molar-refractivity contribution < 1.29 is 4.79 Å². The van der Waals surface area contributed by atoms with Crippen molar-refractivity contribution in [1.82, 2.24) is 10.2 Å².